The smallest absolute Gasteiger partial charge is 0.260 e. The van der Waals surface area contributed by atoms with E-state index in [2.05, 4.69) is 10.5 Å². The molecule has 144 valence electrons. The van der Waals surface area contributed by atoms with E-state index in [0.717, 1.165) is 10.6 Å². The van der Waals surface area contributed by atoms with Crippen LogP contribution in [-0.4, -0.2) is 40.4 Å². The van der Waals surface area contributed by atoms with Crippen LogP contribution in [0.4, 0.5) is 5.69 Å². The summed E-state index contributed by atoms with van der Waals surface area (Å²) in [6.45, 7) is -0.447. The average Bonchev–Trinajstić information content (AvgIpc) is 2.60. The summed E-state index contributed by atoms with van der Waals surface area (Å²) >= 11 is 11.8. The molecule has 2 aromatic carbocycles. The second-order valence-electron chi connectivity index (χ2n) is 5.43. The highest BCUT2D eigenvalue weighted by atomic mass is 35.5. The van der Waals surface area contributed by atoms with Crippen molar-refractivity contribution in [2.45, 2.75) is 0 Å². The van der Waals surface area contributed by atoms with E-state index < -0.39 is 22.5 Å². The Hall–Kier alpha value is -2.29. The zero-order valence-corrected chi connectivity index (χ0v) is 16.8. The number of hydrazone groups is 1. The maximum absolute atomic E-state index is 12.1. The molecule has 0 unspecified atom stereocenters. The highest BCUT2D eigenvalue weighted by Gasteiger charge is 2.21. The molecule has 1 N–H and O–H groups in total. The van der Waals surface area contributed by atoms with E-state index in [1.54, 1.807) is 36.4 Å². The molecule has 0 aromatic heterocycles. The molecule has 1 amide bonds. The molecule has 0 spiro atoms. The van der Waals surface area contributed by atoms with Gasteiger partial charge in [0, 0.05) is 16.7 Å². The van der Waals surface area contributed by atoms with Crippen molar-refractivity contribution < 1.29 is 17.9 Å². The van der Waals surface area contributed by atoms with E-state index in [1.807, 2.05) is 0 Å². The van der Waals surface area contributed by atoms with E-state index in [0.29, 0.717) is 27.0 Å². The summed E-state index contributed by atoms with van der Waals surface area (Å²) in [5, 5.41) is 4.64. The molecule has 7 nitrogen and oxygen atoms in total. The number of methoxy groups -OCH3 is 1. The second-order valence-corrected chi connectivity index (χ2v) is 8.18. The molecule has 2 aromatic rings. The fourth-order valence-electron chi connectivity index (χ4n) is 2.11. The quantitative estimate of drug-likeness (QED) is 0.541. The first-order chi connectivity index (χ1) is 12.7. The van der Waals surface area contributed by atoms with Crippen molar-refractivity contribution in [3.63, 3.8) is 0 Å². The summed E-state index contributed by atoms with van der Waals surface area (Å²) in [6, 6.07) is 11.2. The van der Waals surface area contributed by atoms with Gasteiger partial charge < -0.3 is 4.74 Å². The van der Waals surface area contributed by atoms with Gasteiger partial charge in [0.2, 0.25) is 10.0 Å². The Bertz CT molecular complexity index is 964. The first-order valence-electron chi connectivity index (χ1n) is 7.59. The Morgan fingerprint density at radius 2 is 2.00 bits per heavy atom. The first kappa shape index (κ1) is 21.0. The third-order valence-electron chi connectivity index (χ3n) is 3.38. The minimum Gasteiger partial charge on any atom is -0.497 e. The predicted molar refractivity (Wildman–Crippen MR) is 107 cm³/mol. The molecule has 0 radical (unpaired) electrons. The van der Waals surface area contributed by atoms with Crippen molar-refractivity contribution in [2.24, 2.45) is 5.10 Å². The molecular weight excluding hydrogens is 413 g/mol. The Kier molecular flexibility index (Phi) is 7.06. The molecule has 27 heavy (non-hydrogen) atoms. The Morgan fingerprint density at radius 3 is 2.63 bits per heavy atom. The van der Waals surface area contributed by atoms with Gasteiger partial charge in [-0.1, -0.05) is 35.3 Å². The zero-order valence-electron chi connectivity index (χ0n) is 14.5. The highest BCUT2D eigenvalue weighted by molar-refractivity contribution is 7.92. The van der Waals surface area contributed by atoms with Gasteiger partial charge in [-0.25, -0.2) is 13.8 Å². The molecule has 0 heterocycles. The second kappa shape index (κ2) is 9.07. The number of halogens is 2. The van der Waals surface area contributed by atoms with Crippen LogP contribution in [0.1, 0.15) is 5.56 Å². The number of hydrogen-bond donors (Lipinski definition) is 1. The summed E-state index contributed by atoms with van der Waals surface area (Å²) in [4.78, 5) is 12.1. The van der Waals surface area contributed by atoms with E-state index in [9.17, 15) is 13.2 Å². The molecule has 0 atom stereocenters. The van der Waals surface area contributed by atoms with Crippen LogP contribution in [0.3, 0.4) is 0 Å². The van der Waals surface area contributed by atoms with Gasteiger partial charge in [0.25, 0.3) is 5.91 Å². The number of carbonyl (C=O) groups is 1. The van der Waals surface area contributed by atoms with Crippen molar-refractivity contribution in [1.82, 2.24) is 5.43 Å². The van der Waals surface area contributed by atoms with Gasteiger partial charge >= 0.3 is 0 Å². The van der Waals surface area contributed by atoms with Gasteiger partial charge in [0.1, 0.15) is 12.3 Å². The maximum Gasteiger partial charge on any atom is 0.260 e. The van der Waals surface area contributed by atoms with Gasteiger partial charge in [-0.05, 0) is 24.3 Å². The molecular formula is C17H17Cl2N3O4S. The summed E-state index contributed by atoms with van der Waals surface area (Å²) in [6.07, 6.45) is 2.35. The van der Waals surface area contributed by atoms with Crippen LogP contribution < -0.4 is 14.5 Å². The Balaban J connectivity index is 2.11. The minimum absolute atomic E-state index is 0.303. The number of hydrogen-bond acceptors (Lipinski definition) is 5. The molecule has 10 heteroatoms. The van der Waals surface area contributed by atoms with E-state index in [1.165, 1.54) is 19.4 Å². The number of ether oxygens (including phenoxy) is 1. The molecule has 0 saturated heterocycles. The van der Waals surface area contributed by atoms with Gasteiger partial charge in [-0.15, -0.1) is 0 Å². The Morgan fingerprint density at radius 1 is 1.26 bits per heavy atom. The number of rotatable bonds is 7. The van der Waals surface area contributed by atoms with Crippen LogP contribution in [0.5, 0.6) is 5.75 Å². The van der Waals surface area contributed by atoms with Crippen molar-refractivity contribution in [3.8, 4) is 5.75 Å². The summed E-state index contributed by atoms with van der Waals surface area (Å²) in [5.74, 6) is -0.151. The van der Waals surface area contributed by atoms with Gasteiger partial charge in [-0.2, -0.15) is 5.10 Å². The fraction of sp³-hybridized carbons (Fsp3) is 0.176. The molecule has 0 aliphatic carbocycles. The van der Waals surface area contributed by atoms with Crippen LogP contribution >= 0.6 is 23.2 Å². The third-order valence-corrected chi connectivity index (χ3v) is 5.09. The fourth-order valence-corrected chi connectivity index (χ4v) is 3.42. The van der Waals surface area contributed by atoms with E-state index >= 15 is 0 Å². The van der Waals surface area contributed by atoms with Crippen LogP contribution in [0, 0.1) is 0 Å². The van der Waals surface area contributed by atoms with Crippen molar-refractivity contribution in [1.29, 1.82) is 0 Å². The number of amides is 1. The Labute approximate surface area is 167 Å². The van der Waals surface area contributed by atoms with Crippen LogP contribution in [0.15, 0.2) is 47.6 Å². The maximum atomic E-state index is 12.1. The average molecular weight is 430 g/mol. The number of nitrogens with zero attached hydrogens (tertiary/aromatic N) is 2. The largest absolute Gasteiger partial charge is 0.497 e. The monoisotopic (exact) mass is 429 g/mol. The molecule has 0 aliphatic heterocycles. The van der Waals surface area contributed by atoms with Gasteiger partial charge in [0.15, 0.2) is 0 Å². The standard InChI is InChI=1S/C17H17Cl2N3O4S/c1-26-15-5-3-4-14(9-15)22(27(2,24)25)11-17(23)21-20-10-12-6-7-13(18)8-16(12)19/h3-10H,11H2,1-2H3,(H,21,23)/b20-10-. The number of carbonyl (C=O) groups excluding carboxylic acids is 1. The normalized spacial score (nSPS) is 11.4. The molecule has 2 rings (SSSR count). The molecule has 0 fully saturated rings. The number of sulfonamides is 1. The van der Waals surface area contributed by atoms with E-state index in [-0.39, 0.29) is 0 Å². The highest BCUT2D eigenvalue weighted by Crippen LogP contribution is 2.23. The predicted octanol–water partition coefficient (Wildman–Crippen LogP) is 2.92. The van der Waals surface area contributed by atoms with Gasteiger partial charge in [0.05, 0.1) is 30.3 Å². The number of anilines is 1. The lowest BCUT2D eigenvalue weighted by atomic mass is 10.2. The zero-order chi connectivity index (χ0) is 20.0. The number of benzene rings is 2. The minimum atomic E-state index is -3.70. The lowest BCUT2D eigenvalue weighted by Crippen LogP contribution is -2.39. The van der Waals surface area contributed by atoms with Crippen LogP contribution in [0.2, 0.25) is 10.0 Å². The summed E-state index contributed by atoms with van der Waals surface area (Å²) in [5.41, 5.74) is 3.13. The van der Waals surface area contributed by atoms with Gasteiger partial charge in [-0.3, -0.25) is 9.10 Å². The van der Waals surface area contributed by atoms with Crippen molar-refractivity contribution >= 4 is 51.0 Å². The molecule has 0 aliphatic rings. The first-order valence-corrected chi connectivity index (χ1v) is 10.2. The topological polar surface area (TPSA) is 88.1 Å². The molecule has 0 saturated carbocycles. The van der Waals surface area contributed by atoms with Crippen LogP contribution in [-0.2, 0) is 14.8 Å². The van der Waals surface area contributed by atoms with Crippen LogP contribution in [0.25, 0.3) is 0 Å². The number of nitrogens with one attached hydrogen (secondary N) is 1. The lowest BCUT2D eigenvalue weighted by Gasteiger charge is -2.21. The third kappa shape index (κ3) is 6.13. The molecule has 0 bridgehead atoms. The van der Waals surface area contributed by atoms with Crippen molar-refractivity contribution in [3.05, 3.63) is 58.1 Å². The van der Waals surface area contributed by atoms with Crippen molar-refractivity contribution in [2.75, 3.05) is 24.2 Å². The summed E-state index contributed by atoms with van der Waals surface area (Å²) < 4.78 is 30.2. The summed E-state index contributed by atoms with van der Waals surface area (Å²) in [7, 11) is -2.23. The van der Waals surface area contributed by atoms with E-state index in [4.69, 9.17) is 27.9 Å². The lowest BCUT2D eigenvalue weighted by molar-refractivity contribution is -0.119. The SMILES string of the molecule is COc1cccc(N(CC(=O)N/N=C\c2ccc(Cl)cc2Cl)S(C)(=O)=O)c1.